The molecule has 0 spiro atoms. The van der Waals surface area contributed by atoms with Crippen molar-refractivity contribution in [1.29, 1.82) is 0 Å². The fourth-order valence-electron chi connectivity index (χ4n) is 5.69. The highest BCUT2D eigenvalue weighted by Gasteiger charge is 2.43. The summed E-state index contributed by atoms with van der Waals surface area (Å²) in [5.74, 6) is 0. The molecular formula is C31H42N6O17P2. The summed E-state index contributed by atoms with van der Waals surface area (Å²) in [5.41, 5.74) is 0.784. The summed E-state index contributed by atoms with van der Waals surface area (Å²) < 4.78 is 59.9. The normalized spacial score (nSPS) is 25.8. The van der Waals surface area contributed by atoms with Crippen LogP contribution >= 0.6 is 15.6 Å². The lowest BCUT2D eigenvalue weighted by Gasteiger charge is -2.26. The number of hydrogen-bond acceptors (Lipinski definition) is 17. The smallest absolute Gasteiger partial charge is 0.394 e. The molecule has 4 unspecified atom stereocenters. The molecule has 2 aromatic heterocycles. The molecule has 308 valence electrons. The Morgan fingerprint density at radius 1 is 0.929 bits per heavy atom. The lowest BCUT2D eigenvalue weighted by molar-refractivity contribution is -0.0567. The highest BCUT2D eigenvalue weighted by atomic mass is 31.2. The molecule has 2 aliphatic rings. The average molecular weight is 833 g/mol. The Hall–Kier alpha value is -3.93. The van der Waals surface area contributed by atoms with Crippen LogP contribution in [-0.2, 0) is 36.7 Å². The number of aromatic amines is 2. The van der Waals surface area contributed by atoms with E-state index in [1.807, 2.05) is 0 Å². The van der Waals surface area contributed by atoms with E-state index in [-0.39, 0.29) is 24.0 Å². The van der Waals surface area contributed by atoms with Gasteiger partial charge in [-0.15, -0.1) is 0 Å². The van der Waals surface area contributed by atoms with Crippen LogP contribution in [0, 0.1) is 13.8 Å². The van der Waals surface area contributed by atoms with Gasteiger partial charge in [-0.25, -0.2) is 18.7 Å². The van der Waals surface area contributed by atoms with E-state index in [0.29, 0.717) is 5.69 Å². The highest BCUT2D eigenvalue weighted by molar-refractivity contribution is 7.47. The second-order valence-electron chi connectivity index (χ2n) is 12.8. The largest absolute Gasteiger partial charge is 0.472 e. The van der Waals surface area contributed by atoms with Crippen molar-refractivity contribution in [3.8, 4) is 0 Å². The third-order valence-electron chi connectivity index (χ3n) is 8.65. The maximum atomic E-state index is 13.1. The van der Waals surface area contributed by atoms with E-state index in [9.17, 15) is 53.4 Å². The van der Waals surface area contributed by atoms with Gasteiger partial charge in [0, 0.05) is 49.0 Å². The Labute approximate surface area is 316 Å². The van der Waals surface area contributed by atoms with E-state index in [0.717, 1.165) is 9.13 Å². The van der Waals surface area contributed by atoms with Gasteiger partial charge in [-0.2, -0.15) is 5.10 Å². The van der Waals surface area contributed by atoms with Crippen molar-refractivity contribution in [3.05, 3.63) is 95.5 Å². The number of aliphatic hydroxyl groups excluding tert-OH is 3. The number of H-pyrrole nitrogens is 2. The number of phosphoric acid groups is 2. The second kappa shape index (κ2) is 18.6. The van der Waals surface area contributed by atoms with Crippen LogP contribution in [0.3, 0.4) is 0 Å². The first-order valence-corrected chi connectivity index (χ1v) is 20.0. The summed E-state index contributed by atoms with van der Waals surface area (Å²) in [6.45, 7) is 0.455. The number of aromatic nitrogens is 4. The van der Waals surface area contributed by atoms with Crippen LogP contribution in [-0.4, -0.2) is 107 Å². The number of aliphatic hydroxyl groups is 3. The molecule has 0 aliphatic carbocycles. The zero-order valence-electron chi connectivity index (χ0n) is 29.9. The number of hydrazone groups is 1. The second-order valence-corrected chi connectivity index (χ2v) is 15.7. The zero-order valence-corrected chi connectivity index (χ0v) is 31.6. The van der Waals surface area contributed by atoms with Crippen molar-refractivity contribution in [2.75, 3.05) is 25.2 Å². The van der Waals surface area contributed by atoms with Gasteiger partial charge in [-0.05, 0) is 26.0 Å². The van der Waals surface area contributed by atoms with Gasteiger partial charge in [0.1, 0.15) is 43.0 Å². The number of benzene rings is 1. The maximum absolute atomic E-state index is 13.1. The quantitative estimate of drug-likeness (QED) is 0.0454. The molecular weight excluding hydrogens is 790 g/mol. The molecule has 10 atom stereocenters. The molecule has 3 aromatic rings. The molecule has 4 heterocycles. The Balaban J connectivity index is 1.22. The van der Waals surface area contributed by atoms with E-state index >= 15 is 0 Å². The standard InChI is InChI=1S/C31H42N6O17P2/c1-17-12-36(30(43)33-28(17)41)26-10-20(39)25(52-26)16-50-56(47,48)53-22(8-9-32-35-19-6-4-3-5-7-19)21(40)15-49-55(45,46)54-23-11-27(51-24(23)14-38)37-13-18(2)29(42)34-31(37)44/h3-7,9,12-13,20-27,35,38-40H,8,10-11,14-16H2,1-2H3,(H,45,46)(H,47,48)(H,33,41,43)(H,34,42,44)/b32-9+/t20-,21?,22?,23-,24+,25+,26+,27+/m0/s1. The van der Waals surface area contributed by atoms with E-state index in [1.54, 1.807) is 30.3 Å². The molecule has 0 saturated carbocycles. The van der Waals surface area contributed by atoms with Crippen molar-refractivity contribution in [2.24, 2.45) is 5.10 Å². The predicted octanol–water partition coefficient (Wildman–Crippen LogP) is -0.515. The van der Waals surface area contributed by atoms with Gasteiger partial charge < -0.3 is 34.6 Å². The van der Waals surface area contributed by atoms with Crippen molar-refractivity contribution in [2.45, 2.75) is 82.2 Å². The number of nitrogens with zero attached hydrogens (tertiary/aromatic N) is 3. The Bertz CT molecular complexity index is 2180. The summed E-state index contributed by atoms with van der Waals surface area (Å²) in [6.07, 6.45) is -7.95. The molecule has 8 N–H and O–H groups in total. The minimum Gasteiger partial charge on any atom is -0.394 e. The Morgan fingerprint density at radius 2 is 1.52 bits per heavy atom. The molecule has 2 saturated heterocycles. The maximum Gasteiger partial charge on any atom is 0.472 e. The van der Waals surface area contributed by atoms with E-state index < -0.39 is 113 Å². The van der Waals surface area contributed by atoms with Gasteiger partial charge in [0.05, 0.1) is 31.6 Å². The molecule has 56 heavy (non-hydrogen) atoms. The average Bonchev–Trinajstić information content (AvgIpc) is 3.72. The SMILES string of the molecule is Cc1cn([C@H]2C[C@H](OP(=O)(O)OCC(O)C(C/C=N/Nc3ccccc3)OP(=O)(O)OC[C@H]3O[C@@H](n4cc(C)c(=O)[nH]c4=O)C[C@@H]3O)[C@@H](CO)O2)c(=O)[nH]c1=O. The number of ether oxygens (including phenoxy) is 2. The Kier molecular flexibility index (Phi) is 14.3. The molecule has 0 bridgehead atoms. The molecule has 25 heteroatoms. The van der Waals surface area contributed by atoms with Gasteiger partial charge in [0.15, 0.2) is 0 Å². The van der Waals surface area contributed by atoms with Crippen LogP contribution in [0.1, 0.15) is 42.8 Å². The summed E-state index contributed by atoms with van der Waals surface area (Å²) in [4.78, 5) is 73.5. The minimum atomic E-state index is -5.11. The summed E-state index contributed by atoms with van der Waals surface area (Å²) in [7, 11) is -10.2. The molecule has 2 fully saturated rings. The van der Waals surface area contributed by atoms with E-state index in [4.69, 9.17) is 27.6 Å². The van der Waals surface area contributed by atoms with Gasteiger partial charge in [-0.1, -0.05) is 18.2 Å². The first-order chi connectivity index (χ1) is 26.4. The summed E-state index contributed by atoms with van der Waals surface area (Å²) >= 11 is 0. The molecule has 5 rings (SSSR count). The van der Waals surface area contributed by atoms with E-state index in [1.165, 1.54) is 32.5 Å². The lowest BCUT2D eigenvalue weighted by atomic mass is 10.1. The van der Waals surface area contributed by atoms with Gasteiger partial charge in [-0.3, -0.25) is 52.2 Å². The fraction of sp³-hybridized carbons (Fsp3) is 0.516. The van der Waals surface area contributed by atoms with Gasteiger partial charge in [0.2, 0.25) is 0 Å². The lowest BCUT2D eigenvalue weighted by Crippen LogP contribution is -2.34. The highest BCUT2D eigenvalue weighted by Crippen LogP contribution is 2.50. The van der Waals surface area contributed by atoms with Crippen molar-refractivity contribution >= 4 is 27.5 Å². The number of anilines is 1. The zero-order chi connectivity index (χ0) is 40.8. The number of hydrogen-bond donors (Lipinski definition) is 8. The van der Waals surface area contributed by atoms with Crippen LogP contribution < -0.4 is 27.9 Å². The number of para-hydroxylation sites is 1. The molecule has 0 radical (unpaired) electrons. The third-order valence-corrected chi connectivity index (χ3v) is 10.7. The minimum absolute atomic E-state index is 0.138. The van der Waals surface area contributed by atoms with Crippen molar-refractivity contribution < 1.29 is 61.8 Å². The molecule has 1 aromatic carbocycles. The van der Waals surface area contributed by atoms with Crippen LogP contribution in [0.2, 0.25) is 0 Å². The molecule has 0 amide bonds. The van der Waals surface area contributed by atoms with Crippen molar-refractivity contribution in [1.82, 2.24) is 19.1 Å². The monoisotopic (exact) mass is 832 g/mol. The predicted molar refractivity (Wildman–Crippen MR) is 193 cm³/mol. The summed E-state index contributed by atoms with van der Waals surface area (Å²) in [6, 6.07) is 8.63. The van der Waals surface area contributed by atoms with Crippen LogP contribution in [0.15, 0.2) is 67.0 Å². The van der Waals surface area contributed by atoms with Crippen LogP contribution in [0.25, 0.3) is 0 Å². The van der Waals surface area contributed by atoms with Gasteiger partial charge >= 0.3 is 27.0 Å². The third kappa shape index (κ3) is 11.3. The number of rotatable bonds is 18. The van der Waals surface area contributed by atoms with Crippen molar-refractivity contribution in [3.63, 3.8) is 0 Å². The topological polar surface area (TPSA) is 325 Å². The number of nitrogens with one attached hydrogen (secondary N) is 3. The van der Waals surface area contributed by atoms with Crippen LogP contribution in [0.4, 0.5) is 5.69 Å². The van der Waals surface area contributed by atoms with Gasteiger partial charge in [0.25, 0.3) is 11.1 Å². The molecule has 23 nitrogen and oxygen atoms in total. The number of phosphoric ester groups is 2. The van der Waals surface area contributed by atoms with E-state index in [2.05, 4.69) is 20.5 Å². The molecule has 2 aliphatic heterocycles. The van der Waals surface area contributed by atoms with Crippen LogP contribution in [0.5, 0.6) is 0 Å². The fourth-order valence-corrected chi connectivity index (χ4v) is 7.62. The first kappa shape index (κ1) is 43.2. The first-order valence-electron chi connectivity index (χ1n) is 17.0. The number of aryl methyl sites for hydroxylation is 2. The Morgan fingerprint density at radius 3 is 2.12 bits per heavy atom. The summed E-state index contributed by atoms with van der Waals surface area (Å²) in [5, 5.41) is 35.3.